The molecular formula is C19H33NO6. The van der Waals surface area contributed by atoms with Gasteiger partial charge in [-0.2, -0.15) is 0 Å². The first-order valence-electron chi connectivity index (χ1n) is 9.79. The standard InChI is InChI=1S/C19H33NO6/c1-16-13-18(20-26-16)25-17(14-21)15-22-10-6-3-2-4-7-11-23-19-9-5-8-12-24-19/h13,17,19,21H,2-12,14-15H2,1H3/t17-,19?/m0/s1. The van der Waals surface area contributed by atoms with E-state index < -0.39 is 6.10 Å². The maximum absolute atomic E-state index is 9.33. The summed E-state index contributed by atoms with van der Waals surface area (Å²) in [4.78, 5) is 0. The molecule has 0 spiro atoms. The summed E-state index contributed by atoms with van der Waals surface area (Å²) in [5.74, 6) is 1.06. The minimum Gasteiger partial charge on any atom is -0.467 e. The second-order valence-electron chi connectivity index (χ2n) is 6.71. The lowest BCUT2D eigenvalue weighted by molar-refractivity contribution is -0.162. The molecule has 2 rings (SSSR count). The molecule has 0 amide bonds. The first-order valence-corrected chi connectivity index (χ1v) is 9.79. The number of aryl methyl sites for hydroxylation is 1. The van der Waals surface area contributed by atoms with Crippen molar-refractivity contribution in [1.82, 2.24) is 5.16 Å². The molecule has 1 aromatic heterocycles. The Labute approximate surface area is 155 Å². The molecule has 0 saturated carbocycles. The van der Waals surface area contributed by atoms with Gasteiger partial charge in [-0.15, -0.1) is 0 Å². The van der Waals surface area contributed by atoms with Crippen LogP contribution in [0.3, 0.4) is 0 Å². The molecule has 1 N–H and O–H groups in total. The second kappa shape index (κ2) is 13.1. The van der Waals surface area contributed by atoms with Crippen LogP contribution in [0.4, 0.5) is 0 Å². The van der Waals surface area contributed by atoms with Crippen molar-refractivity contribution >= 4 is 0 Å². The van der Waals surface area contributed by atoms with Gasteiger partial charge in [-0.25, -0.2) is 0 Å². The lowest BCUT2D eigenvalue weighted by Crippen LogP contribution is -2.27. The summed E-state index contributed by atoms with van der Waals surface area (Å²) in [5.41, 5.74) is 0. The quantitative estimate of drug-likeness (QED) is 0.503. The number of ether oxygens (including phenoxy) is 4. The molecule has 1 saturated heterocycles. The molecule has 0 aliphatic carbocycles. The molecule has 26 heavy (non-hydrogen) atoms. The van der Waals surface area contributed by atoms with E-state index >= 15 is 0 Å². The van der Waals surface area contributed by atoms with E-state index in [1.54, 1.807) is 13.0 Å². The minimum absolute atomic E-state index is 0.0278. The zero-order chi connectivity index (χ0) is 18.5. The maximum Gasteiger partial charge on any atom is 0.254 e. The highest BCUT2D eigenvalue weighted by molar-refractivity contribution is 5.09. The van der Waals surface area contributed by atoms with Gasteiger partial charge in [-0.3, -0.25) is 0 Å². The first-order chi connectivity index (χ1) is 12.8. The number of nitrogens with zero attached hydrogens (tertiary/aromatic N) is 1. The van der Waals surface area contributed by atoms with Crippen molar-refractivity contribution < 1.29 is 28.6 Å². The smallest absolute Gasteiger partial charge is 0.254 e. The third-order valence-electron chi connectivity index (χ3n) is 4.28. The van der Waals surface area contributed by atoms with E-state index in [1.165, 1.54) is 19.3 Å². The highest BCUT2D eigenvalue weighted by Crippen LogP contribution is 2.15. The van der Waals surface area contributed by atoms with Crippen molar-refractivity contribution in [3.63, 3.8) is 0 Å². The van der Waals surface area contributed by atoms with Gasteiger partial charge < -0.3 is 28.6 Å². The van der Waals surface area contributed by atoms with E-state index in [-0.39, 0.29) is 12.9 Å². The zero-order valence-corrected chi connectivity index (χ0v) is 15.9. The van der Waals surface area contributed by atoms with Crippen LogP contribution in [0.25, 0.3) is 0 Å². The molecule has 0 aromatic carbocycles. The monoisotopic (exact) mass is 371 g/mol. The van der Waals surface area contributed by atoms with Gasteiger partial charge in [0.1, 0.15) is 11.9 Å². The second-order valence-corrected chi connectivity index (χ2v) is 6.71. The van der Waals surface area contributed by atoms with Crippen molar-refractivity contribution in [1.29, 1.82) is 0 Å². The van der Waals surface area contributed by atoms with Crippen molar-refractivity contribution in [3.05, 3.63) is 11.8 Å². The Morgan fingerprint density at radius 2 is 2.00 bits per heavy atom. The van der Waals surface area contributed by atoms with E-state index in [2.05, 4.69) is 5.16 Å². The molecular weight excluding hydrogens is 338 g/mol. The molecule has 150 valence electrons. The molecule has 0 bridgehead atoms. The molecule has 2 atom stereocenters. The van der Waals surface area contributed by atoms with Crippen LogP contribution in [0.2, 0.25) is 0 Å². The Morgan fingerprint density at radius 1 is 1.19 bits per heavy atom. The molecule has 1 fully saturated rings. The van der Waals surface area contributed by atoms with Crippen LogP contribution in [0, 0.1) is 6.92 Å². The largest absolute Gasteiger partial charge is 0.467 e. The number of hydrogen-bond donors (Lipinski definition) is 1. The minimum atomic E-state index is -0.418. The predicted octanol–water partition coefficient (Wildman–Crippen LogP) is 3.23. The Bertz CT molecular complexity index is 461. The molecule has 7 heteroatoms. The van der Waals surface area contributed by atoms with Crippen LogP contribution in [0.15, 0.2) is 10.6 Å². The number of rotatable bonds is 14. The summed E-state index contributed by atoms with van der Waals surface area (Å²) in [7, 11) is 0. The van der Waals surface area contributed by atoms with E-state index in [1.807, 2.05) is 0 Å². The maximum atomic E-state index is 9.33. The highest BCUT2D eigenvalue weighted by Gasteiger charge is 2.13. The number of aliphatic hydroxyl groups is 1. The van der Waals surface area contributed by atoms with Crippen molar-refractivity contribution in [3.8, 4) is 5.88 Å². The van der Waals surface area contributed by atoms with E-state index in [0.29, 0.717) is 24.9 Å². The van der Waals surface area contributed by atoms with Crippen LogP contribution in [0.5, 0.6) is 5.88 Å². The number of unbranched alkanes of at least 4 members (excludes halogenated alkanes) is 4. The van der Waals surface area contributed by atoms with Gasteiger partial charge in [0, 0.05) is 25.9 Å². The van der Waals surface area contributed by atoms with E-state index in [9.17, 15) is 5.11 Å². The normalized spacial score (nSPS) is 18.8. The number of aliphatic hydroxyl groups excluding tert-OH is 1. The third-order valence-corrected chi connectivity index (χ3v) is 4.28. The summed E-state index contributed by atoms with van der Waals surface area (Å²) in [5, 5.41) is 13.1. The molecule has 2 heterocycles. The van der Waals surface area contributed by atoms with E-state index in [4.69, 9.17) is 23.5 Å². The first kappa shape index (κ1) is 21.2. The van der Waals surface area contributed by atoms with Crippen LogP contribution in [0.1, 0.15) is 57.1 Å². The fourth-order valence-corrected chi connectivity index (χ4v) is 2.80. The third kappa shape index (κ3) is 8.98. The lowest BCUT2D eigenvalue weighted by Gasteiger charge is -2.22. The van der Waals surface area contributed by atoms with Crippen LogP contribution in [-0.2, 0) is 14.2 Å². The summed E-state index contributed by atoms with van der Waals surface area (Å²) >= 11 is 0. The molecule has 0 radical (unpaired) electrons. The average Bonchev–Trinajstić information content (AvgIpc) is 3.08. The summed E-state index contributed by atoms with van der Waals surface area (Å²) in [6.07, 6.45) is 8.58. The average molecular weight is 371 g/mol. The number of aromatic nitrogens is 1. The van der Waals surface area contributed by atoms with Crippen LogP contribution >= 0.6 is 0 Å². The Balaban J connectivity index is 1.38. The molecule has 1 unspecified atom stereocenters. The molecule has 1 aromatic rings. The predicted molar refractivity (Wildman–Crippen MR) is 96.2 cm³/mol. The van der Waals surface area contributed by atoms with Gasteiger partial charge >= 0.3 is 0 Å². The summed E-state index contributed by atoms with van der Waals surface area (Å²) in [6.45, 7) is 4.32. The van der Waals surface area contributed by atoms with Crippen molar-refractivity contribution in [2.75, 3.05) is 33.0 Å². The van der Waals surface area contributed by atoms with Gasteiger partial charge in [-0.1, -0.05) is 19.3 Å². The highest BCUT2D eigenvalue weighted by atomic mass is 16.7. The molecule has 1 aliphatic rings. The lowest BCUT2D eigenvalue weighted by atomic mass is 10.1. The van der Waals surface area contributed by atoms with Crippen LogP contribution in [-0.4, -0.2) is 55.7 Å². The Kier molecular flexibility index (Phi) is 10.6. The zero-order valence-electron chi connectivity index (χ0n) is 15.9. The van der Waals surface area contributed by atoms with Gasteiger partial charge in [0.15, 0.2) is 6.29 Å². The van der Waals surface area contributed by atoms with Gasteiger partial charge in [0.25, 0.3) is 5.88 Å². The topological polar surface area (TPSA) is 83.2 Å². The molecule has 1 aliphatic heterocycles. The fraction of sp³-hybridized carbons (Fsp3) is 0.842. The fourth-order valence-electron chi connectivity index (χ4n) is 2.80. The Morgan fingerprint density at radius 3 is 2.69 bits per heavy atom. The van der Waals surface area contributed by atoms with Crippen molar-refractivity contribution in [2.45, 2.75) is 70.7 Å². The van der Waals surface area contributed by atoms with Gasteiger partial charge in [0.2, 0.25) is 0 Å². The Hall–Kier alpha value is -1.15. The summed E-state index contributed by atoms with van der Waals surface area (Å²) in [6, 6.07) is 1.69. The van der Waals surface area contributed by atoms with Gasteiger partial charge in [0.05, 0.1) is 13.2 Å². The summed E-state index contributed by atoms with van der Waals surface area (Å²) < 4.78 is 27.3. The van der Waals surface area contributed by atoms with Gasteiger partial charge in [-0.05, 0) is 44.2 Å². The van der Waals surface area contributed by atoms with E-state index in [0.717, 1.165) is 45.3 Å². The molecule has 7 nitrogen and oxygen atoms in total. The SMILES string of the molecule is Cc1cc(O[C@@H](CO)COCCCCCCCOC2CCCCO2)no1. The number of hydrogen-bond acceptors (Lipinski definition) is 7. The van der Waals surface area contributed by atoms with Crippen LogP contribution < -0.4 is 4.74 Å². The van der Waals surface area contributed by atoms with Crippen molar-refractivity contribution in [2.24, 2.45) is 0 Å².